The summed E-state index contributed by atoms with van der Waals surface area (Å²) < 4.78 is 5.14. The van der Waals surface area contributed by atoms with E-state index in [4.69, 9.17) is 4.42 Å². The Bertz CT molecular complexity index is 238. The predicted octanol–water partition coefficient (Wildman–Crippen LogP) is 1.06. The highest BCUT2D eigenvalue weighted by atomic mass is 16.3. The molecular formula is C8H12N2O. The van der Waals surface area contributed by atoms with Crippen LogP contribution in [0.5, 0.6) is 0 Å². The Labute approximate surface area is 65.8 Å². The molecule has 3 nitrogen and oxygen atoms in total. The van der Waals surface area contributed by atoms with Gasteiger partial charge in [0.25, 0.3) is 0 Å². The summed E-state index contributed by atoms with van der Waals surface area (Å²) >= 11 is 0. The number of nitrogens with one attached hydrogen (secondary N) is 1. The second-order valence-corrected chi connectivity index (χ2v) is 2.98. The van der Waals surface area contributed by atoms with Gasteiger partial charge in [-0.3, -0.25) is 0 Å². The zero-order chi connectivity index (χ0) is 7.68. The Kier molecular flexibility index (Phi) is 1.66. The summed E-state index contributed by atoms with van der Waals surface area (Å²) in [6.45, 7) is 4.04. The second kappa shape index (κ2) is 2.66. The predicted molar refractivity (Wildman–Crippen MR) is 41.5 cm³/mol. The lowest BCUT2D eigenvalue weighted by Gasteiger charge is -2.00. The third-order valence-electron chi connectivity index (χ3n) is 2.12. The molecule has 1 N–H and O–H groups in total. The molecule has 2 rings (SSSR count). The molecular weight excluding hydrogens is 140 g/mol. The number of nitrogens with zero attached hydrogens (tertiary/aromatic N) is 1. The van der Waals surface area contributed by atoms with Crippen molar-refractivity contribution in [2.45, 2.75) is 19.3 Å². The van der Waals surface area contributed by atoms with E-state index in [2.05, 4.69) is 10.3 Å². The minimum Gasteiger partial charge on any atom is -0.449 e. The van der Waals surface area contributed by atoms with Gasteiger partial charge in [-0.2, -0.15) is 0 Å². The van der Waals surface area contributed by atoms with E-state index < -0.39 is 0 Å². The monoisotopic (exact) mass is 152 g/mol. The quantitative estimate of drug-likeness (QED) is 0.654. The van der Waals surface area contributed by atoms with Crippen LogP contribution in [0.3, 0.4) is 0 Å². The Balaban J connectivity index is 2.15. The second-order valence-electron chi connectivity index (χ2n) is 2.98. The third kappa shape index (κ3) is 1.28. The summed E-state index contributed by atoms with van der Waals surface area (Å²) in [5.74, 6) is 1.35. The summed E-state index contributed by atoms with van der Waals surface area (Å²) in [6.07, 6.45) is 2.96. The zero-order valence-corrected chi connectivity index (χ0v) is 6.63. The topological polar surface area (TPSA) is 38.1 Å². The Hall–Kier alpha value is -0.830. The minimum atomic E-state index is 0.576. The first-order valence-electron chi connectivity index (χ1n) is 3.99. The number of hydrogen-bond acceptors (Lipinski definition) is 3. The van der Waals surface area contributed by atoms with Crippen LogP contribution in [0.1, 0.15) is 23.9 Å². The summed E-state index contributed by atoms with van der Waals surface area (Å²) in [7, 11) is 0. The maximum atomic E-state index is 5.14. The van der Waals surface area contributed by atoms with Gasteiger partial charge in [-0.1, -0.05) is 0 Å². The van der Waals surface area contributed by atoms with Gasteiger partial charge in [0.05, 0.1) is 5.69 Å². The highest BCUT2D eigenvalue weighted by Gasteiger charge is 2.19. The zero-order valence-electron chi connectivity index (χ0n) is 6.63. The fourth-order valence-corrected chi connectivity index (χ4v) is 1.47. The molecule has 3 heteroatoms. The molecule has 2 heterocycles. The van der Waals surface area contributed by atoms with Crippen molar-refractivity contribution in [3.05, 3.63) is 17.8 Å². The van der Waals surface area contributed by atoms with E-state index in [1.54, 1.807) is 6.26 Å². The van der Waals surface area contributed by atoms with E-state index in [0.717, 1.165) is 24.7 Å². The molecule has 1 atom stereocenters. The van der Waals surface area contributed by atoms with Crippen molar-refractivity contribution in [2.24, 2.45) is 0 Å². The molecule has 0 saturated carbocycles. The normalized spacial score (nSPS) is 24.3. The first-order chi connectivity index (χ1) is 5.36. The summed E-state index contributed by atoms with van der Waals surface area (Å²) in [6, 6.07) is 0. The molecule has 1 fully saturated rings. The first-order valence-corrected chi connectivity index (χ1v) is 3.99. The van der Waals surface area contributed by atoms with Gasteiger partial charge in [0, 0.05) is 19.4 Å². The van der Waals surface area contributed by atoms with Crippen LogP contribution in [-0.4, -0.2) is 18.1 Å². The molecule has 0 spiro atoms. The average Bonchev–Trinajstić information content (AvgIpc) is 2.55. The molecule has 0 amide bonds. The number of aromatic nitrogens is 1. The smallest absolute Gasteiger partial charge is 0.191 e. The van der Waals surface area contributed by atoms with Crippen LogP contribution in [0.25, 0.3) is 0 Å². The first kappa shape index (κ1) is 6.85. The molecule has 60 valence electrons. The van der Waals surface area contributed by atoms with Gasteiger partial charge in [-0.25, -0.2) is 4.98 Å². The molecule has 1 saturated heterocycles. The van der Waals surface area contributed by atoms with Gasteiger partial charge < -0.3 is 9.73 Å². The summed E-state index contributed by atoms with van der Waals surface area (Å²) in [5.41, 5.74) is 1.10. The lowest BCUT2D eigenvalue weighted by atomic mass is 10.1. The van der Waals surface area contributed by atoms with Gasteiger partial charge in [-0.05, 0) is 13.0 Å². The number of rotatable bonds is 1. The van der Waals surface area contributed by atoms with E-state index in [0.29, 0.717) is 5.92 Å². The molecule has 0 radical (unpaired) electrons. The lowest BCUT2D eigenvalue weighted by Crippen LogP contribution is -2.08. The van der Waals surface area contributed by atoms with Crippen LogP contribution in [0.15, 0.2) is 10.7 Å². The van der Waals surface area contributed by atoms with Crippen LogP contribution in [0, 0.1) is 6.92 Å². The van der Waals surface area contributed by atoms with Crippen molar-refractivity contribution in [3.63, 3.8) is 0 Å². The van der Waals surface area contributed by atoms with Crippen LogP contribution in [0.4, 0.5) is 0 Å². The Morgan fingerprint density at radius 1 is 1.73 bits per heavy atom. The molecule has 0 aliphatic carbocycles. The summed E-state index contributed by atoms with van der Waals surface area (Å²) in [5, 5.41) is 3.30. The fourth-order valence-electron chi connectivity index (χ4n) is 1.47. The van der Waals surface area contributed by atoms with Gasteiger partial charge in [-0.15, -0.1) is 0 Å². The van der Waals surface area contributed by atoms with E-state index in [1.165, 1.54) is 6.42 Å². The standard InChI is InChI=1S/C8H12N2O/c1-6-10-8(5-11-6)7-2-3-9-4-7/h5,7,9H,2-4H2,1H3. The summed E-state index contributed by atoms with van der Waals surface area (Å²) in [4.78, 5) is 4.29. The van der Waals surface area contributed by atoms with Crippen molar-refractivity contribution in [3.8, 4) is 0 Å². The molecule has 1 aliphatic rings. The van der Waals surface area contributed by atoms with Crippen LogP contribution in [-0.2, 0) is 0 Å². The van der Waals surface area contributed by atoms with Crippen molar-refractivity contribution >= 4 is 0 Å². The molecule has 1 unspecified atom stereocenters. The minimum absolute atomic E-state index is 0.576. The Morgan fingerprint density at radius 2 is 2.64 bits per heavy atom. The maximum Gasteiger partial charge on any atom is 0.191 e. The van der Waals surface area contributed by atoms with Gasteiger partial charge in [0.1, 0.15) is 6.26 Å². The van der Waals surface area contributed by atoms with E-state index in [9.17, 15) is 0 Å². The van der Waals surface area contributed by atoms with E-state index in [-0.39, 0.29) is 0 Å². The van der Waals surface area contributed by atoms with E-state index in [1.807, 2.05) is 6.92 Å². The third-order valence-corrected chi connectivity index (χ3v) is 2.12. The van der Waals surface area contributed by atoms with Crippen LogP contribution >= 0.6 is 0 Å². The van der Waals surface area contributed by atoms with Gasteiger partial charge >= 0.3 is 0 Å². The number of hydrogen-bond donors (Lipinski definition) is 1. The molecule has 0 aromatic carbocycles. The number of aryl methyl sites for hydroxylation is 1. The van der Waals surface area contributed by atoms with Crippen molar-refractivity contribution in [2.75, 3.05) is 13.1 Å². The molecule has 1 aromatic heterocycles. The van der Waals surface area contributed by atoms with Crippen LogP contribution in [0.2, 0.25) is 0 Å². The Morgan fingerprint density at radius 3 is 3.18 bits per heavy atom. The number of oxazole rings is 1. The SMILES string of the molecule is Cc1nc(C2CCNC2)co1. The molecule has 1 aliphatic heterocycles. The van der Waals surface area contributed by atoms with Gasteiger partial charge in [0.15, 0.2) is 5.89 Å². The van der Waals surface area contributed by atoms with Gasteiger partial charge in [0.2, 0.25) is 0 Å². The largest absolute Gasteiger partial charge is 0.449 e. The van der Waals surface area contributed by atoms with E-state index >= 15 is 0 Å². The van der Waals surface area contributed by atoms with Crippen molar-refractivity contribution < 1.29 is 4.42 Å². The molecule has 11 heavy (non-hydrogen) atoms. The van der Waals surface area contributed by atoms with Crippen LogP contribution < -0.4 is 5.32 Å². The fraction of sp³-hybridized carbons (Fsp3) is 0.625. The van der Waals surface area contributed by atoms with Crippen molar-refractivity contribution in [1.82, 2.24) is 10.3 Å². The molecule has 1 aromatic rings. The van der Waals surface area contributed by atoms with Crippen molar-refractivity contribution in [1.29, 1.82) is 0 Å². The highest BCUT2D eigenvalue weighted by Crippen LogP contribution is 2.20. The lowest BCUT2D eigenvalue weighted by molar-refractivity contribution is 0.519. The molecule has 0 bridgehead atoms. The maximum absolute atomic E-state index is 5.14. The average molecular weight is 152 g/mol. The highest BCUT2D eigenvalue weighted by molar-refractivity contribution is 5.06.